The van der Waals surface area contributed by atoms with E-state index >= 15 is 9.59 Å². The molecule has 30 nitrogen and oxygen atoms in total. The van der Waals surface area contributed by atoms with Gasteiger partial charge in [0.1, 0.15) is 41.7 Å². The fourth-order valence-corrected chi connectivity index (χ4v) is 21.3. The number of ketones is 2. The lowest BCUT2D eigenvalue weighted by molar-refractivity contribution is -0.343. The number of aliphatic hydroxyl groups excluding tert-OH is 2. The van der Waals surface area contributed by atoms with Crippen molar-refractivity contribution in [2.75, 3.05) is 27.4 Å². The fourth-order valence-electron chi connectivity index (χ4n) is 20.6. The molecule has 666 valence electrons. The van der Waals surface area contributed by atoms with Crippen LogP contribution in [0.2, 0.25) is 0 Å². The van der Waals surface area contributed by atoms with Crippen molar-refractivity contribution in [1.29, 1.82) is 0 Å². The van der Waals surface area contributed by atoms with Crippen LogP contribution in [0.5, 0.6) is 0 Å². The molecule has 0 radical (unpaired) electrons. The first kappa shape index (κ1) is 93.8. The minimum atomic E-state index is -2.34. The number of methoxy groups -OCH3 is 1. The van der Waals surface area contributed by atoms with Gasteiger partial charge in [-0.05, 0) is 111 Å². The largest absolute Gasteiger partial charge is 0.456 e. The van der Waals surface area contributed by atoms with Gasteiger partial charge in [0.25, 0.3) is 11.8 Å². The monoisotopic (exact) mass is 1750 g/mol. The molecule has 9 aliphatic rings. The molecule has 4 bridgehead atoms. The summed E-state index contributed by atoms with van der Waals surface area (Å²) in [4.78, 5) is 152. The SMILES string of the molecule is CC(=O)OC1C(=O)[C@]2(C)C(OP)CC3OCC3(OC(C)=O)C2C(OC(=O)c2ccccc2)C2(O)CC(O)C(C)=C1C2(C)C.CC(=O)OC1C(=O)[C@]2(C)C(OP)CC3OCC3(OC(C)=O)C2C(OC(=O)c2ccccc2)C2(O)CC(OC(=O)C(O)C(NC(=O)c3ccccc3)c3ccccc3)C(C)=C1C2(C)C.COC(C)(C)OC1C(=O)N(C)C1c1ccccc1. The number of nitrogens with one attached hydrogen (secondary N) is 1. The molecule has 0 spiro atoms. The number of hydrogen-bond acceptors (Lipinski definition) is 28. The van der Waals surface area contributed by atoms with E-state index in [1.807, 2.05) is 30.3 Å². The molecule has 6 aliphatic carbocycles. The number of carbonyl (C=O) groups is 11. The van der Waals surface area contributed by atoms with Gasteiger partial charge in [0.2, 0.25) is 0 Å². The van der Waals surface area contributed by atoms with Crippen molar-refractivity contribution in [2.45, 2.75) is 236 Å². The maximum absolute atomic E-state index is 15.7. The molecular weight excluding hydrogens is 1640 g/mol. The van der Waals surface area contributed by atoms with Gasteiger partial charge in [0.15, 0.2) is 53.0 Å². The number of Topliss-reactive ketones (excluding diaryl/α,β-unsaturated/α-hetero) is 2. The van der Waals surface area contributed by atoms with Crippen molar-refractivity contribution in [3.63, 3.8) is 0 Å². The number of fused-ring (bicyclic) bond motifs is 10. The van der Waals surface area contributed by atoms with Gasteiger partial charge < -0.3 is 91.8 Å². The molecule has 22 unspecified atom stereocenters. The molecule has 5 N–H and O–H groups in total. The van der Waals surface area contributed by atoms with Crippen molar-refractivity contribution in [1.82, 2.24) is 10.2 Å². The maximum Gasteiger partial charge on any atom is 0.338 e. The Hall–Kier alpha value is -9.39. The Morgan fingerprint density at radius 2 is 0.944 bits per heavy atom. The smallest absolute Gasteiger partial charge is 0.338 e. The molecule has 5 aromatic carbocycles. The van der Waals surface area contributed by atoms with Crippen molar-refractivity contribution >= 4 is 84.1 Å². The lowest BCUT2D eigenvalue weighted by Gasteiger charge is -2.67. The zero-order valence-corrected chi connectivity index (χ0v) is 74.4. The fraction of sp³-hybridized carbons (Fsp3) is 0.511. The Labute approximate surface area is 723 Å². The third kappa shape index (κ3) is 16.4. The lowest BCUT2D eigenvalue weighted by atomic mass is 9.44. The molecule has 0 aromatic heterocycles. The third-order valence-corrected chi connectivity index (χ3v) is 27.9. The van der Waals surface area contributed by atoms with Gasteiger partial charge in [-0.15, -0.1) is 0 Å². The lowest BCUT2D eigenvalue weighted by Crippen LogP contribution is -2.82. The summed E-state index contributed by atoms with van der Waals surface area (Å²) in [5.41, 5.74) is -11.3. The van der Waals surface area contributed by atoms with Crippen LogP contribution in [0.1, 0.15) is 177 Å². The van der Waals surface area contributed by atoms with Crippen LogP contribution in [-0.2, 0) is 99.5 Å². The first-order valence-corrected chi connectivity index (χ1v) is 42.0. The zero-order chi connectivity index (χ0) is 90.7. The van der Waals surface area contributed by atoms with Crippen LogP contribution in [0.4, 0.5) is 0 Å². The molecule has 24 atom stereocenters. The standard InChI is InChI=1S/C47H52NO14P.C31H39O11P.C14H19NO3/c1-25-31(59-43(55)36(51)35(28-16-10-7-11-17-28)48-41(53)29-18-12-8-13-19-29)23-47(56)40(60-42(54)30-20-14-9-15-21-30)38-45(6,39(52)37(58-26(2)49)34(25)44(47,4)5)32(62-63)22-33-46(38,24-57-33)61-27(3)50;1-15-19(34)13-31(37)26(40-27(36)18-10-8-7-9-11-18)24-29(6,25(35)23(39-16(2)32)22(15)28(31,4)5)20(42-43)12-21-30(24,14-38-21)41-17(3)33;1-14(2,17-4)18-12-11(15(3)13(12)16)10-8-6-5-7-9-10/h7-21,31-33,35-38,40,51,56H,22-24,63H2,1-6H3,(H,48,53);7-11,19-21,23-24,26,34,37H,12-14,43H2,1-6H3;5-9,11-12H,1-4H3/t31?,32?,33?,35?,36?,37?,38?,40?,45-,46?,47?;19?,20?,21?,23?,24?,26?,29-,30?,31?;/m11./s1. The number of likely N-dealkylation sites (N-methyl/N-ethyl adjacent to an activating group) is 1. The first-order valence-electron chi connectivity index (χ1n) is 41.0. The summed E-state index contributed by atoms with van der Waals surface area (Å²) < 4.78 is 77.4. The van der Waals surface area contributed by atoms with Crippen LogP contribution in [0.3, 0.4) is 0 Å². The van der Waals surface area contributed by atoms with Gasteiger partial charge in [0, 0.05) is 103 Å². The third-order valence-electron chi connectivity index (χ3n) is 27.3. The summed E-state index contributed by atoms with van der Waals surface area (Å²) in [5, 5.41) is 52.7. The summed E-state index contributed by atoms with van der Waals surface area (Å²) in [7, 11) is 7.67. The zero-order valence-electron chi connectivity index (χ0n) is 72.1. The van der Waals surface area contributed by atoms with Crippen LogP contribution in [-0.4, -0.2) is 219 Å². The first-order chi connectivity index (χ1) is 58.3. The predicted octanol–water partition coefficient (Wildman–Crippen LogP) is 8.98. The minimum absolute atomic E-state index is 0.00558. The number of ether oxygens (including phenoxy) is 11. The Morgan fingerprint density at radius 3 is 1.33 bits per heavy atom. The van der Waals surface area contributed by atoms with Crippen molar-refractivity contribution in [2.24, 2.45) is 33.5 Å². The summed E-state index contributed by atoms with van der Waals surface area (Å²) in [6.45, 7) is 20.7. The van der Waals surface area contributed by atoms with E-state index in [9.17, 15) is 63.6 Å². The molecule has 5 aromatic rings. The van der Waals surface area contributed by atoms with E-state index in [1.165, 1.54) is 32.9 Å². The van der Waals surface area contributed by atoms with Gasteiger partial charge >= 0.3 is 41.8 Å². The molecule has 7 fully saturated rings. The van der Waals surface area contributed by atoms with Gasteiger partial charge in [-0.2, -0.15) is 0 Å². The van der Waals surface area contributed by atoms with E-state index in [0.717, 1.165) is 12.5 Å². The molecule has 3 heterocycles. The van der Waals surface area contributed by atoms with Crippen LogP contribution in [0, 0.1) is 33.5 Å². The second-order valence-corrected chi connectivity index (χ2v) is 35.8. The summed E-state index contributed by atoms with van der Waals surface area (Å²) in [6, 6.07) is 41.2. The highest BCUT2D eigenvalue weighted by Gasteiger charge is 2.81. The number of likely N-dealkylation sites (tertiary alicyclic amines) is 1. The number of aliphatic hydroxyl groups is 4. The Morgan fingerprint density at radius 1 is 0.548 bits per heavy atom. The number of esters is 7. The number of benzene rings is 5. The number of nitrogens with zero attached hydrogens (tertiary/aromatic N) is 1. The number of amides is 2. The molecule has 32 heteroatoms. The molecular formula is C92H110N2O28P2. The van der Waals surface area contributed by atoms with Crippen molar-refractivity contribution in [3.8, 4) is 0 Å². The van der Waals surface area contributed by atoms with Gasteiger partial charge in [0.05, 0.1) is 77.4 Å². The number of rotatable bonds is 20. The Balaban J connectivity index is 0.000000196. The Kier molecular flexibility index (Phi) is 27.1. The predicted molar refractivity (Wildman–Crippen MR) is 447 cm³/mol. The topological polar surface area (TPSA) is 404 Å². The van der Waals surface area contributed by atoms with E-state index in [1.54, 1.807) is 197 Å². The van der Waals surface area contributed by atoms with Crippen LogP contribution >= 0.6 is 18.9 Å². The second kappa shape index (κ2) is 35.8. The highest BCUT2D eigenvalue weighted by atomic mass is 31.0. The number of hydrogen-bond donors (Lipinski definition) is 5. The summed E-state index contributed by atoms with van der Waals surface area (Å²) >= 11 is 0. The van der Waals surface area contributed by atoms with Gasteiger partial charge in [-0.1, -0.05) is 143 Å². The highest BCUT2D eigenvalue weighted by molar-refractivity contribution is 7.10. The second-order valence-electron chi connectivity index (χ2n) is 35.3. The molecule has 14 rings (SSSR count). The maximum atomic E-state index is 15.7. The van der Waals surface area contributed by atoms with Crippen LogP contribution in [0.15, 0.2) is 174 Å². The number of carbonyl (C=O) groups excluding carboxylic acids is 11. The quantitative estimate of drug-likeness (QED) is 0.0121. The molecule has 3 aliphatic heterocycles. The molecule has 124 heavy (non-hydrogen) atoms. The van der Waals surface area contributed by atoms with E-state index < -0.39 is 207 Å². The average Bonchev–Trinajstić information content (AvgIpc) is 0.671. The normalized spacial score (nSPS) is 33.3. The van der Waals surface area contributed by atoms with E-state index in [-0.39, 0.29) is 77.8 Å². The van der Waals surface area contributed by atoms with Crippen LogP contribution in [0.25, 0.3) is 0 Å². The number of β-lactam (4-membered cyclic amide) rings is 1. The molecule has 2 amide bonds. The van der Waals surface area contributed by atoms with E-state index in [0.29, 0.717) is 11.1 Å². The van der Waals surface area contributed by atoms with Crippen molar-refractivity contribution in [3.05, 3.63) is 202 Å². The average molecular weight is 1750 g/mol. The summed E-state index contributed by atoms with van der Waals surface area (Å²) in [6.07, 6.45) is -16.1. The van der Waals surface area contributed by atoms with Crippen molar-refractivity contribution < 1.29 is 134 Å². The van der Waals surface area contributed by atoms with E-state index in [2.05, 4.69) is 24.3 Å². The Bertz CT molecular complexity index is 4980. The highest BCUT2D eigenvalue weighted by Crippen LogP contribution is 2.68. The summed E-state index contributed by atoms with van der Waals surface area (Å²) in [5.74, 6) is -11.2. The minimum Gasteiger partial charge on any atom is -0.456 e. The molecule has 3 saturated heterocycles. The molecule has 4 saturated carbocycles. The van der Waals surface area contributed by atoms with Gasteiger partial charge in [-0.3, -0.25) is 38.4 Å². The van der Waals surface area contributed by atoms with Gasteiger partial charge in [-0.25, -0.2) is 14.4 Å². The van der Waals surface area contributed by atoms with Crippen LogP contribution < -0.4 is 5.32 Å². The van der Waals surface area contributed by atoms with E-state index in [4.69, 9.17) is 61.2 Å².